The van der Waals surface area contributed by atoms with Crippen LogP contribution in [0.1, 0.15) is 16.7 Å². The van der Waals surface area contributed by atoms with Crippen LogP contribution < -0.4 is 10.6 Å². The van der Waals surface area contributed by atoms with Gasteiger partial charge in [0.1, 0.15) is 5.82 Å². The van der Waals surface area contributed by atoms with Gasteiger partial charge in [0.05, 0.1) is 13.1 Å². The highest BCUT2D eigenvalue weighted by atomic mass is 19.1. The van der Waals surface area contributed by atoms with E-state index in [1.165, 1.54) is 16.5 Å². The van der Waals surface area contributed by atoms with Crippen molar-refractivity contribution in [2.24, 2.45) is 4.99 Å². The molecule has 0 atom stereocenters. The number of aliphatic imine (C=N–C) groups is 1. The predicted molar refractivity (Wildman–Crippen MR) is 107 cm³/mol. The zero-order valence-corrected chi connectivity index (χ0v) is 16.1. The Kier molecular flexibility index (Phi) is 7.79. The topological polar surface area (TPSA) is 56.7 Å². The van der Waals surface area contributed by atoms with Crippen LogP contribution >= 0.6 is 0 Å². The van der Waals surface area contributed by atoms with Gasteiger partial charge >= 0.3 is 0 Å². The third kappa shape index (κ3) is 7.09. The predicted octanol–water partition coefficient (Wildman–Crippen LogP) is 2.50. The van der Waals surface area contributed by atoms with Crippen LogP contribution in [0.4, 0.5) is 4.39 Å². The summed E-state index contributed by atoms with van der Waals surface area (Å²) >= 11 is 0. The van der Waals surface area contributed by atoms with Crippen molar-refractivity contribution in [1.82, 2.24) is 15.5 Å². The highest BCUT2D eigenvalue weighted by molar-refractivity contribution is 5.86. The molecule has 0 unspecified atom stereocenters. The zero-order chi connectivity index (χ0) is 19.6. The summed E-state index contributed by atoms with van der Waals surface area (Å²) in [5, 5.41) is 6.27. The molecule has 2 aromatic rings. The van der Waals surface area contributed by atoms with Gasteiger partial charge in [-0.15, -0.1) is 0 Å². The molecule has 0 aliphatic rings. The molecule has 0 spiro atoms. The first-order valence-electron chi connectivity index (χ1n) is 8.97. The van der Waals surface area contributed by atoms with Gasteiger partial charge in [0.2, 0.25) is 5.91 Å². The van der Waals surface area contributed by atoms with E-state index in [-0.39, 0.29) is 18.3 Å². The molecule has 0 aliphatic heterocycles. The number of nitrogens with one attached hydrogen (secondary N) is 2. The van der Waals surface area contributed by atoms with Gasteiger partial charge in [-0.25, -0.2) is 9.38 Å². The van der Waals surface area contributed by atoms with Crippen molar-refractivity contribution >= 4 is 11.9 Å². The summed E-state index contributed by atoms with van der Waals surface area (Å²) in [5.74, 6) is 0.244. The molecule has 0 saturated carbocycles. The lowest BCUT2D eigenvalue weighted by atomic mass is 10.1. The fraction of sp³-hybridized carbons (Fsp3) is 0.333. The molecule has 0 heterocycles. The van der Waals surface area contributed by atoms with Crippen LogP contribution in [0.3, 0.4) is 0 Å². The molecule has 0 saturated heterocycles. The SMILES string of the molecule is Cc1ccc(CN=C(NCCc2ccccc2)NCC(=O)N(C)C)cc1F. The van der Waals surface area contributed by atoms with Crippen LogP contribution in [0.5, 0.6) is 0 Å². The van der Waals surface area contributed by atoms with Crippen LogP contribution in [0, 0.1) is 12.7 Å². The Hall–Kier alpha value is -2.89. The molecule has 144 valence electrons. The molecule has 0 fully saturated rings. The Labute approximate surface area is 160 Å². The highest BCUT2D eigenvalue weighted by Crippen LogP contribution is 2.10. The van der Waals surface area contributed by atoms with Gasteiger partial charge in [0, 0.05) is 20.6 Å². The molecule has 2 N–H and O–H groups in total. The first-order valence-corrected chi connectivity index (χ1v) is 8.97. The van der Waals surface area contributed by atoms with Crippen molar-refractivity contribution in [3.8, 4) is 0 Å². The van der Waals surface area contributed by atoms with Crippen LogP contribution in [-0.2, 0) is 17.8 Å². The normalized spacial score (nSPS) is 11.2. The van der Waals surface area contributed by atoms with Crippen molar-refractivity contribution in [2.75, 3.05) is 27.2 Å². The number of benzene rings is 2. The Morgan fingerprint density at radius 1 is 1.07 bits per heavy atom. The third-order valence-corrected chi connectivity index (χ3v) is 4.11. The third-order valence-electron chi connectivity index (χ3n) is 4.11. The second-order valence-corrected chi connectivity index (χ2v) is 6.55. The number of likely N-dealkylation sites (N-methyl/N-ethyl adjacent to an activating group) is 1. The molecule has 6 heteroatoms. The van der Waals surface area contributed by atoms with Crippen molar-refractivity contribution in [1.29, 1.82) is 0 Å². The Morgan fingerprint density at radius 3 is 2.48 bits per heavy atom. The van der Waals surface area contributed by atoms with Crippen molar-refractivity contribution in [2.45, 2.75) is 19.9 Å². The maximum absolute atomic E-state index is 13.7. The van der Waals surface area contributed by atoms with E-state index >= 15 is 0 Å². The van der Waals surface area contributed by atoms with Crippen LogP contribution in [0.15, 0.2) is 53.5 Å². The first kappa shape index (κ1) is 20.4. The van der Waals surface area contributed by atoms with E-state index in [4.69, 9.17) is 0 Å². The summed E-state index contributed by atoms with van der Waals surface area (Å²) in [5.41, 5.74) is 2.61. The highest BCUT2D eigenvalue weighted by Gasteiger charge is 2.06. The zero-order valence-electron chi connectivity index (χ0n) is 16.1. The number of halogens is 1. The van der Waals surface area contributed by atoms with E-state index < -0.39 is 0 Å². The second-order valence-electron chi connectivity index (χ2n) is 6.55. The minimum Gasteiger partial charge on any atom is -0.356 e. The summed E-state index contributed by atoms with van der Waals surface area (Å²) in [6.45, 7) is 2.88. The van der Waals surface area contributed by atoms with Crippen molar-refractivity contribution < 1.29 is 9.18 Å². The molecule has 0 bridgehead atoms. The fourth-order valence-electron chi connectivity index (χ4n) is 2.37. The summed E-state index contributed by atoms with van der Waals surface area (Å²) < 4.78 is 13.7. The number of amides is 1. The number of rotatable bonds is 7. The molecule has 2 aromatic carbocycles. The van der Waals surface area contributed by atoms with Gasteiger partial charge in [-0.3, -0.25) is 4.79 Å². The Balaban J connectivity index is 1.98. The van der Waals surface area contributed by atoms with E-state index in [0.717, 1.165) is 12.0 Å². The molecule has 27 heavy (non-hydrogen) atoms. The maximum Gasteiger partial charge on any atom is 0.241 e. The fourth-order valence-corrected chi connectivity index (χ4v) is 2.37. The quantitative estimate of drug-likeness (QED) is 0.582. The Morgan fingerprint density at radius 2 is 1.81 bits per heavy atom. The van der Waals surface area contributed by atoms with Gasteiger partial charge in [-0.2, -0.15) is 0 Å². The average Bonchev–Trinajstić information content (AvgIpc) is 2.66. The molecular formula is C21H27FN4O. The number of hydrogen-bond acceptors (Lipinski definition) is 2. The first-order chi connectivity index (χ1) is 13.0. The van der Waals surface area contributed by atoms with Gasteiger partial charge in [0.15, 0.2) is 5.96 Å². The van der Waals surface area contributed by atoms with Crippen LogP contribution in [0.25, 0.3) is 0 Å². The van der Waals surface area contributed by atoms with E-state index in [1.807, 2.05) is 24.3 Å². The monoisotopic (exact) mass is 370 g/mol. The van der Waals surface area contributed by atoms with E-state index in [2.05, 4.69) is 27.8 Å². The number of nitrogens with zero attached hydrogens (tertiary/aromatic N) is 2. The average molecular weight is 370 g/mol. The van der Waals surface area contributed by atoms with Crippen molar-refractivity contribution in [3.63, 3.8) is 0 Å². The smallest absolute Gasteiger partial charge is 0.241 e. The standard InChI is InChI=1S/C21H27FN4O/c1-16-9-10-18(13-19(16)22)14-24-21(25-15-20(27)26(2)3)23-12-11-17-7-5-4-6-8-17/h4-10,13H,11-12,14-15H2,1-3H3,(H2,23,24,25). The van der Waals surface area contributed by atoms with Crippen LogP contribution in [0.2, 0.25) is 0 Å². The molecule has 1 amide bonds. The number of hydrogen-bond donors (Lipinski definition) is 2. The molecule has 0 aliphatic carbocycles. The summed E-state index contributed by atoms with van der Waals surface area (Å²) in [6, 6.07) is 15.2. The largest absolute Gasteiger partial charge is 0.356 e. The van der Waals surface area contributed by atoms with Gasteiger partial charge in [-0.1, -0.05) is 42.5 Å². The summed E-state index contributed by atoms with van der Waals surface area (Å²) in [6.07, 6.45) is 0.836. The maximum atomic E-state index is 13.7. The minimum atomic E-state index is -0.239. The lowest BCUT2D eigenvalue weighted by molar-refractivity contribution is -0.127. The van der Waals surface area contributed by atoms with E-state index in [0.29, 0.717) is 24.6 Å². The molecule has 0 aromatic heterocycles. The van der Waals surface area contributed by atoms with Crippen LogP contribution in [-0.4, -0.2) is 44.0 Å². The summed E-state index contributed by atoms with van der Waals surface area (Å²) in [4.78, 5) is 17.8. The molecule has 5 nitrogen and oxygen atoms in total. The Bertz CT molecular complexity index is 775. The molecule has 2 rings (SSSR count). The van der Waals surface area contributed by atoms with Gasteiger partial charge < -0.3 is 15.5 Å². The lowest BCUT2D eigenvalue weighted by Crippen LogP contribution is -2.43. The molecular weight excluding hydrogens is 343 g/mol. The number of aryl methyl sites for hydroxylation is 1. The number of carbonyl (C=O) groups is 1. The van der Waals surface area contributed by atoms with Crippen molar-refractivity contribution in [3.05, 3.63) is 71.0 Å². The number of guanidine groups is 1. The van der Waals surface area contributed by atoms with E-state index in [1.54, 1.807) is 27.1 Å². The molecule has 0 radical (unpaired) electrons. The van der Waals surface area contributed by atoms with Gasteiger partial charge in [0.25, 0.3) is 0 Å². The second kappa shape index (κ2) is 10.3. The number of carbonyl (C=O) groups excluding carboxylic acids is 1. The van der Waals surface area contributed by atoms with Gasteiger partial charge in [-0.05, 0) is 36.1 Å². The summed E-state index contributed by atoms with van der Waals surface area (Å²) in [7, 11) is 3.41. The minimum absolute atomic E-state index is 0.0473. The van der Waals surface area contributed by atoms with E-state index in [9.17, 15) is 9.18 Å². The lowest BCUT2D eigenvalue weighted by Gasteiger charge is -2.15.